The second-order valence-corrected chi connectivity index (χ2v) is 5.16. The Hall–Kier alpha value is -1.94. The van der Waals surface area contributed by atoms with E-state index < -0.39 is 17.7 Å². The van der Waals surface area contributed by atoms with Gasteiger partial charge in [-0.3, -0.25) is 0 Å². The summed E-state index contributed by atoms with van der Waals surface area (Å²) >= 11 is 0. The third kappa shape index (κ3) is 2.27. The minimum Gasteiger partial charge on any atom is -0.485 e. The first kappa shape index (κ1) is 13.1. The minimum atomic E-state index is -0.599. The Kier molecular flexibility index (Phi) is 3.18. The number of fused-ring (bicyclic) bond motifs is 1. The van der Waals surface area contributed by atoms with Gasteiger partial charge in [-0.25, -0.2) is 8.78 Å². The number of nitrogens with two attached hydrogens (primary N) is 1. The second-order valence-electron chi connectivity index (χ2n) is 5.16. The van der Waals surface area contributed by atoms with E-state index in [0.29, 0.717) is 17.7 Å². The van der Waals surface area contributed by atoms with Crippen LogP contribution in [0, 0.1) is 18.6 Å². The first-order valence-corrected chi connectivity index (χ1v) is 6.52. The Bertz CT molecular complexity index is 657. The molecule has 0 saturated carbocycles. The Morgan fingerprint density at radius 3 is 2.65 bits per heavy atom. The van der Waals surface area contributed by atoms with Crippen LogP contribution in [0.1, 0.15) is 35.3 Å². The lowest BCUT2D eigenvalue weighted by Crippen LogP contribution is -2.24. The number of rotatable bonds is 1. The van der Waals surface area contributed by atoms with Gasteiger partial charge in [0.1, 0.15) is 23.5 Å². The van der Waals surface area contributed by atoms with Crippen LogP contribution in [0.5, 0.6) is 5.75 Å². The van der Waals surface area contributed by atoms with Gasteiger partial charge in [0, 0.05) is 29.7 Å². The van der Waals surface area contributed by atoms with Crippen molar-refractivity contribution in [2.24, 2.45) is 5.73 Å². The molecule has 0 fully saturated rings. The molecule has 0 saturated heterocycles. The van der Waals surface area contributed by atoms with E-state index in [1.165, 1.54) is 12.1 Å². The van der Waals surface area contributed by atoms with Crippen LogP contribution in [-0.4, -0.2) is 0 Å². The van der Waals surface area contributed by atoms with Gasteiger partial charge in [0.2, 0.25) is 0 Å². The molecule has 1 aliphatic heterocycles. The highest BCUT2D eigenvalue weighted by Gasteiger charge is 2.28. The molecular formula is C16H15F2NO. The molecule has 2 aromatic rings. The predicted octanol–water partition coefficient (Wildman–Crippen LogP) is 3.80. The Morgan fingerprint density at radius 2 is 1.90 bits per heavy atom. The Morgan fingerprint density at radius 1 is 1.10 bits per heavy atom. The molecule has 0 radical (unpaired) electrons. The lowest BCUT2D eigenvalue weighted by Gasteiger charge is -2.31. The molecule has 104 valence electrons. The number of halogens is 2. The smallest absolute Gasteiger partial charge is 0.133 e. The molecule has 0 bridgehead atoms. The summed E-state index contributed by atoms with van der Waals surface area (Å²) in [6.07, 6.45) is -0.0141. The van der Waals surface area contributed by atoms with Crippen molar-refractivity contribution in [3.63, 3.8) is 0 Å². The summed E-state index contributed by atoms with van der Waals surface area (Å²) in [5, 5.41) is 0. The van der Waals surface area contributed by atoms with E-state index in [9.17, 15) is 8.78 Å². The lowest BCUT2D eigenvalue weighted by molar-refractivity contribution is 0.157. The van der Waals surface area contributed by atoms with E-state index in [4.69, 9.17) is 10.5 Å². The zero-order valence-electron chi connectivity index (χ0n) is 11.1. The molecule has 20 heavy (non-hydrogen) atoms. The number of hydrogen-bond donors (Lipinski definition) is 1. The van der Waals surface area contributed by atoms with Crippen LogP contribution < -0.4 is 10.5 Å². The van der Waals surface area contributed by atoms with Crippen LogP contribution in [0.4, 0.5) is 8.78 Å². The average molecular weight is 275 g/mol. The molecule has 4 heteroatoms. The number of hydrogen-bond acceptors (Lipinski definition) is 2. The largest absolute Gasteiger partial charge is 0.485 e. The van der Waals surface area contributed by atoms with Crippen LogP contribution >= 0.6 is 0 Å². The molecule has 2 N–H and O–H groups in total. The van der Waals surface area contributed by atoms with Gasteiger partial charge >= 0.3 is 0 Å². The van der Waals surface area contributed by atoms with E-state index in [-0.39, 0.29) is 6.04 Å². The van der Waals surface area contributed by atoms with Crippen molar-refractivity contribution in [1.29, 1.82) is 0 Å². The zero-order valence-corrected chi connectivity index (χ0v) is 11.1. The highest BCUT2D eigenvalue weighted by molar-refractivity contribution is 5.41. The maximum absolute atomic E-state index is 13.8. The summed E-state index contributed by atoms with van der Waals surface area (Å²) in [6.45, 7) is 1.98. The minimum absolute atomic E-state index is 0.215. The predicted molar refractivity (Wildman–Crippen MR) is 72.5 cm³/mol. The summed E-state index contributed by atoms with van der Waals surface area (Å²) < 4.78 is 32.6. The van der Waals surface area contributed by atoms with E-state index in [1.54, 1.807) is 0 Å². The second kappa shape index (κ2) is 4.87. The summed E-state index contributed by atoms with van der Waals surface area (Å²) in [5.74, 6) is -0.525. The molecule has 2 aromatic carbocycles. The molecule has 0 aliphatic carbocycles. The van der Waals surface area contributed by atoms with Crippen molar-refractivity contribution in [2.45, 2.75) is 25.5 Å². The van der Waals surface area contributed by atoms with Gasteiger partial charge in [0.15, 0.2) is 0 Å². The third-order valence-electron chi connectivity index (χ3n) is 3.61. The standard InChI is InChI=1S/C16H15F2NO/c1-9-2-5-15-12(6-9)14(19)8-16(20-15)11-4-3-10(17)7-13(11)18/h2-7,14,16H,8,19H2,1H3/t14-,16?/m1/s1. The quantitative estimate of drug-likeness (QED) is 0.859. The Balaban J connectivity index is 1.97. The molecule has 0 amide bonds. The maximum atomic E-state index is 13.8. The van der Waals surface area contributed by atoms with Gasteiger partial charge in [-0.2, -0.15) is 0 Å². The van der Waals surface area contributed by atoms with Crippen LogP contribution in [-0.2, 0) is 0 Å². The first-order chi connectivity index (χ1) is 9.54. The van der Waals surface area contributed by atoms with Crippen LogP contribution in [0.2, 0.25) is 0 Å². The lowest BCUT2D eigenvalue weighted by atomic mass is 9.92. The van der Waals surface area contributed by atoms with Gasteiger partial charge in [0.25, 0.3) is 0 Å². The summed E-state index contributed by atoms with van der Waals surface area (Å²) in [4.78, 5) is 0. The molecule has 0 aromatic heterocycles. The monoisotopic (exact) mass is 275 g/mol. The fraction of sp³-hybridized carbons (Fsp3) is 0.250. The number of ether oxygens (including phenoxy) is 1. The summed E-state index contributed by atoms with van der Waals surface area (Å²) in [6, 6.07) is 9.06. The SMILES string of the molecule is Cc1ccc2c(c1)[C@H](N)CC(c1ccc(F)cc1F)O2. The molecule has 1 unspecified atom stereocenters. The van der Waals surface area contributed by atoms with Crippen LogP contribution in [0.15, 0.2) is 36.4 Å². The van der Waals surface area contributed by atoms with Crippen LogP contribution in [0.25, 0.3) is 0 Å². The molecule has 3 rings (SSSR count). The van der Waals surface area contributed by atoms with Crippen molar-refractivity contribution in [3.05, 3.63) is 64.7 Å². The maximum Gasteiger partial charge on any atom is 0.133 e. The molecular weight excluding hydrogens is 260 g/mol. The number of aryl methyl sites for hydroxylation is 1. The number of benzene rings is 2. The van der Waals surface area contributed by atoms with Crippen molar-refractivity contribution >= 4 is 0 Å². The van der Waals surface area contributed by atoms with Gasteiger partial charge in [-0.15, -0.1) is 0 Å². The first-order valence-electron chi connectivity index (χ1n) is 6.52. The van der Waals surface area contributed by atoms with Gasteiger partial charge in [-0.1, -0.05) is 17.7 Å². The van der Waals surface area contributed by atoms with Crippen molar-refractivity contribution in [1.82, 2.24) is 0 Å². The molecule has 1 aliphatic rings. The van der Waals surface area contributed by atoms with E-state index in [1.807, 2.05) is 25.1 Å². The fourth-order valence-electron chi connectivity index (χ4n) is 2.58. The van der Waals surface area contributed by atoms with Crippen molar-refractivity contribution in [3.8, 4) is 5.75 Å². The summed E-state index contributed by atoms with van der Waals surface area (Å²) in [7, 11) is 0. The highest BCUT2D eigenvalue weighted by atomic mass is 19.1. The third-order valence-corrected chi connectivity index (χ3v) is 3.61. The summed E-state index contributed by atoms with van der Waals surface area (Å²) in [5.41, 5.74) is 8.53. The Labute approximate surface area is 116 Å². The topological polar surface area (TPSA) is 35.2 Å². The van der Waals surface area contributed by atoms with E-state index >= 15 is 0 Å². The van der Waals surface area contributed by atoms with Crippen LogP contribution in [0.3, 0.4) is 0 Å². The van der Waals surface area contributed by atoms with E-state index in [2.05, 4.69) is 0 Å². The average Bonchev–Trinajstić information content (AvgIpc) is 2.39. The van der Waals surface area contributed by atoms with Gasteiger partial charge in [0.05, 0.1) is 0 Å². The van der Waals surface area contributed by atoms with Gasteiger partial charge < -0.3 is 10.5 Å². The fourth-order valence-corrected chi connectivity index (χ4v) is 2.58. The molecule has 0 spiro atoms. The molecule has 2 atom stereocenters. The van der Waals surface area contributed by atoms with E-state index in [0.717, 1.165) is 17.2 Å². The zero-order chi connectivity index (χ0) is 14.3. The van der Waals surface area contributed by atoms with Crippen molar-refractivity contribution in [2.75, 3.05) is 0 Å². The molecule has 1 heterocycles. The van der Waals surface area contributed by atoms with Gasteiger partial charge in [-0.05, 0) is 25.1 Å². The normalized spacial score (nSPS) is 21.2. The highest BCUT2D eigenvalue weighted by Crippen LogP contribution is 2.40. The molecule has 2 nitrogen and oxygen atoms in total. The van der Waals surface area contributed by atoms with Crippen molar-refractivity contribution < 1.29 is 13.5 Å².